The smallest absolute Gasteiger partial charge is 0.250 e. The lowest BCUT2D eigenvalue weighted by Gasteiger charge is -2.18. The summed E-state index contributed by atoms with van der Waals surface area (Å²) in [5, 5.41) is 8.42. The van der Waals surface area contributed by atoms with Gasteiger partial charge in [0.1, 0.15) is 0 Å². The molecule has 3 aromatic rings. The Bertz CT molecular complexity index is 938. The van der Waals surface area contributed by atoms with Crippen LogP contribution in [0.1, 0.15) is 29.4 Å². The van der Waals surface area contributed by atoms with Crippen molar-refractivity contribution in [2.75, 3.05) is 5.32 Å². The van der Waals surface area contributed by atoms with Crippen molar-refractivity contribution in [3.05, 3.63) is 59.0 Å². The number of fused-ring (bicyclic) bond motifs is 1. The van der Waals surface area contributed by atoms with Crippen LogP contribution >= 0.6 is 11.6 Å². The van der Waals surface area contributed by atoms with Crippen LogP contribution in [0.2, 0.25) is 5.02 Å². The molecule has 0 saturated heterocycles. The van der Waals surface area contributed by atoms with Crippen molar-refractivity contribution in [2.24, 2.45) is 5.92 Å². The molecule has 1 atom stereocenters. The van der Waals surface area contributed by atoms with Crippen LogP contribution in [0.3, 0.4) is 0 Å². The maximum atomic E-state index is 12.7. The lowest BCUT2D eigenvalue weighted by atomic mass is 9.88. The van der Waals surface area contributed by atoms with E-state index in [1.807, 2.05) is 12.1 Å². The minimum Gasteiger partial charge on any atom is -0.338 e. The van der Waals surface area contributed by atoms with Crippen molar-refractivity contribution >= 4 is 28.9 Å². The molecular weight excluding hydrogens is 338 g/mol. The molecule has 0 saturated carbocycles. The largest absolute Gasteiger partial charge is 0.338 e. The van der Waals surface area contributed by atoms with Gasteiger partial charge < -0.3 is 5.32 Å². The minimum absolute atomic E-state index is 0.0838. The minimum atomic E-state index is 0.0838. The normalized spacial score (nSPS) is 16.6. The molecule has 25 heavy (non-hydrogen) atoms. The van der Waals surface area contributed by atoms with E-state index in [2.05, 4.69) is 27.3 Å². The molecule has 0 bridgehead atoms. The first-order valence-electron chi connectivity index (χ1n) is 8.07. The van der Waals surface area contributed by atoms with Crippen molar-refractivity contribution in [1.29, 1.82) is 0 Å². The highest BCUT2D eigenvalue weighted by Gasteiger charge is 2.31. The van der Waals surface area contributed by atoms with Crippen molar-refractivity contribution in [2.45, 2.75) is 19.8 Å². The van der Waals surface area contributed by atoms with E-state index in [0.717, 1.165) is 17.8 Å². The fourth-order valence-electron chi connectivity index (χ4n) is 3.11. The van der Waals surface area contributed by atoms with Crippen LogP contribution in [-0.4, -0.2) is 25.5 Å². The number of rotatable bonds is 3. The summed E-state index contributed by atoms with van der Waals surface area (Å²) in [7, 11) is 0. The third kappa shape index (κ3) is 3.00. The summed E-state index contributed by atoms with van der Waals surface area (Å²) in [6.45, 7) is 2.06. The Kier molecular flexibility index (Phi) is 3.97. The number of hydrogen-bond donors (Lipinski definition) is 1. The molecule has 1 unspecified atom stereocenters. The molecule has 0 radical (unpaired) electrons. The molecular formula is C18H16ClN5O. The number of halogens is 1. The molecule has 2 aromatic heterocycles. The van der Waals surface area contributed by atoms with Crippen molar-refractivity contribution in [1.82, 2.24) is 19.7 Å². The SMILES string of the molecule is CC1CC(=O)c2c(Nc3cccc(Cl)c3)nn(-c3ncccn3)c2C1. The summed E-state index contributed by atoms with van der Waals surface area (Å²) in [6, 6.07) is 9.07. The van der Waals surface area contributed by atoms with Gasteiger partial charge in [-0.25, -0.2) is 14.6 Å². The summed E-state index contributed by atoms with van der Waals surface area (Å²) in [5.41, 5.74) is 2.24. The molecule has 0 spiro atoms. The van der Waals surface area contributed by atoms with E-state index in [9.17, 15) is 4.79 Å². The fraction of sp³-hybridized carbons (Fsp3) is 0.222. The second kappa shape index (κ2) is 6.29. The van der Waals surface area contributed by atoms with E-state index in [0.29, 0.717) is 28.8 Å². The number of carbonyl (C=O) groups excluding carboxylic acids is 1. The summed E-state index contributed by atoms with van der Waals surface area (Å²) in [5.74, 6) is 1.32. The molecule has 126 valence electrons. The maximum absolute atomic E-state index is 12.7. The van der Waals surface area contributed by atoms with E-state index in [1.54, 1.807) is 35.3 Å². The van der Waals surface area contributed by atoms with E-state index in [-0.39, 0.29) is 11.7 Å². The number of anilines is 2. The van der Waals surface area contributed by atoms with Gasteiger partial charge in [-0.3, -0.25) is 4.79 Å². The van der Waals surface area contributed by atoms with Gasteiger partial charge in [-0.05, 0) is 36.6 Å². The third-order valence-electron chi connectivity index (χ3n) is 4.16. The van der Waals surface area contributed by atoms with E-state index in [4.69, 9.17) is 11.6 Å². The first-order valence-corrected chi connectivity index (χ1v) is 8.44. The Hall–Kier alpha value is -2.73. The number of Topliss-reactive ketones (excluding diaryl/α,β-unsaturated/α-hetero) is 1. The second-order valence-corrected chi connectivity index (χ2v) is 6.64. The number of carbonyl (C=O) groups is 1. The monoisotopic (exact) mass is 353 g/mol. The predicted octanol–water partition coefficient (Wildman–Crippen LogP) is 3.82. The predicted molar refractivity (Wildman–Crippen MR) is 95.7 cm³/mol. The van der Waals surface area contributed by atoms with E-state index < -0.39 is 0 Å². The fourth-order valence-corrected chi connectivity index (χ4v) is 3.30. The topological polar surface area (TPSA) is 72.7 Å². The van der Waals surface area contributed by atoms with Gasteiger partial charge in [-0.2, -0.15) is 0 Å². The lowest BCUT2D eigenvalue weighted by molar-refractivity contribution is 0.0953. The number of nitrogens with zero attached hydrogens (tertiary/aromatic N) is 4. The maximum Gasteiger partial charge on any atom is 0.250 e. The lowest BCUT2D eigenvalue weighted by Crippen LogP contribution is -2.20. The number of hydrogen-bond acceptors (Lipinski definition) is 5. The van der Waals surface area contributed by atoms with Crippen LogP contribution in [0, 0.1) is 5.92 Å². The zero-order chi connectivity index (χ0) is 17.4. The molecule has 1 aliphatic carbocycles. The van der Waals surface area contributed by atoms with Gasteiger partial charge in [0.05, 0.1) is 11.3 Å². The zero-order valence-corrected chi connectivity index (χ0v) is 14.4. The van der Waals surface area contributed by atoms with Gasteiger partial charge in [0, 0.05) is 29.5 Å². The first kappa shape index (κ1) is 15.8. The highest BCUT2D eigenvalue weighted by Crippen LogP contribution is 2.33. The van der Waals surface area contributed by atoms with E-state index in [1.165, 1.54) is 0 Å². The van der Waals surface area contributed by atoms with Gasteiger partial charge >= 0.3 is 0 Å². The third-order valence-corrected chi connectivity index (χ3v) is 4.40. The van der Waals surface area contributed by atoms with Gasteiger partial charge in [0.25, 0.3) is 5.95 Å². The van der Waals surface area contributed by atoms with Gasteiger partial charge in [0.15, 0.2) is 11.6 Å². The van der Waals surface area contributed by atoms with Crippen molar-refractivity contribution in [3.63, 3.8) is 0 Å². The quantitative estimate of drug-likeness (QED) is 0.774. The summed E-state index contributed by atoms with van der Waals surface area (Å²) >= 11 is 6.05. The highest BCUT2D eigenvalue weighted by molar-refractivity contribution is 6.30. The number of benzene rings is 1. The van der Waals surface area contributed by atoms with Gasteiger partial charge in [0.2, 0.25) is 0 Å². The summed E-state index contributed by atoms with van der Waals surface area (Å²) in [6.07, 6.45) is 4.59. The van der Waals surface area contributed by atoms with Gasteiger partial charge in [-0.15, -0.1) is 5.10 Å². The zero-order valence-electron chi connectivity index (χ0n) is 13.6. The van der Waals surface area contributed by atoms with Crippen LogP contribution in [0.15, 0.2) is 42.7 Å². The molecule has 6 nitrogen and oxygen atoms in total. The highest BCUT2D eigenvalue weighted by atomic mass is 35.5. The molecule has 0 fully saturated rings. The van der Waals surface area contributed by atoms with Crippen LogP contribution in [-0.2, 0) is 6.42 Å². The van der Waals surface area contributed by atoms with Crippen LogP contribution < -0.4 is 5.32 Å². The molecule has 0 amide bonds. The van der Waals surface area contributed by atoms with Crippen LogP contribution in [0.25, 0.3) is 5.95 Å². The van der Waals surface area contributed by atoms with Gasteiger partial charge in [-0.1, -0.05) is 24.6 Å². The average Bonchev–Trinajstić information content (AvgIpc) is 2.94. The molecule has 2 heterocycles. The molecule has 4 rings (SSSR count). The van der Waals surface area contributed by atoms with Crippen molar-refractivity contribution < 1.29 is 4.79 Å². The molecule has 0 aliphatic heterocycles. The van der Waals surface area contributed by atoms with E-state index >= 15 is 0 Å². The van der Waals surface area contributed by atoms with Crippen molar-refractivity contribution in [3.8, 4) is 5.95 Å². The Morgan fingerprint density at radius 3 is 2.76 bits per heavy atom. The number of aromatic nitrogens is 4. The average molecular weight is 354 g/mol. The molecule has 1 aromatic carbocycles. The number of nitrogens with one attached hydrogen (secondary N) is 1. The summed E-state index contributed by atoms with van der Waals surface area (Å²) in [4.78, 5) is 21.2. The Morgan fingerprint density at radius 2 is 2.00 bits per heavy atom. The Balaban J connectivity index is 1.83. The number of ketones is 1. The van der Waals surface area contributed by atoms with Crippen LogP contribution in [0.4, 0.5) is 11.5 Å². The van der Waals surface area contributed by atoms with Crippen LogP contribution in [0.5, 0.6) is 0 Å². The molecule has 1 N–H and O–H groups in total. The Labute approximate surface area is 149 Å². The molecule has 7 heteroatoms. The first-order chi connectivity index (χ1) is 12.1. The molecule has 1 aliphatic rings. The summed E-state index contributed by atoms with van der Waals surface area (Å²) < 4.78 is 1.66. The second-order valence-electron chi connectivity index (χ2n) is 6.20. The Morgan fingerprint density at radius 1 is 1.20 bits per heavy atom. The standard InChI is InChI=1S/C18H16ClN5O/c1-11-8-14-16(15(25)9-11)17(22-13-5-2-4-12(19)10-13)23-24(14)18-20-6-3-7-21-18/h2-7,10-11H,8-9H2,1H3,(H,22,23).